The first-order valence-corrected chi connectivity index (χ1v) is 13.1. The van der Waals surface area contributed by atoms with Crippen molar-refractivity contribution in [3.05, 3.63) is 120 Å². The van der Waals surface area contributed by atoms with E-state index in [1.165, 1.54) is 44.0 Å². The van der Waals surface area contributed by atoms with Gasteiger partial charge in [0.15, 0.2) is 0 Å². The average molecular weight is 684 g/mol. The van der Waals surface area contributed by atoms with Crippen molar-refractivity contribution >= 4 is 54.6 Å². The van der Waals surface area contributed by atoms with Crippen LogP contribution in [-0.4, -0.2) is 18.8 Å². The van der Waals surface area contributed by atoms with Crippen LogP contribution in [0.5, 0.6) is 0 Å². The van der Waals surface area contributed by atoms with Crippen molar-refractivity contribution < 1.29 is 21.1 Å². The predicted molar refractivity (Wildman–Crippen MR) is 155 cm³/mol. The van der Waals surface area contributed by atoms with Crippen molar-refractivity contribution in [3.63, 3.8) is 0 Å². The van der Waals surface area contributed by atoms with Crippen molar-refractivity contribution in [2.75, 3.05) is 0 Å². The molecule has 0 spiro atoms. The van der Waals surface area contributed by atoms with Crippen molar-refractivity contribution in [3.8, 4) is 0 Å². The summed E-state index contributed by atoms with van der Waals surface area (Å²) in [6.45, 7) is 4.37. The number of fused-ring (bicyclic) bond motifs is 12. The molecular formula is C34H24N4Pt. The second-order valence-corrected chi connectivity index (χ2v) is 10.1. The number of aromatic nitrogens is 4. The predicted octanol–water partition coefficient (Wildman–Crippen LogP) is 7.59. The normalized spacial score (nSPS) is 11.8. The van der Waals surface area contributed by atoms with Gasteiger partial charge in [-0.15, -0.1) is 59.3 Å². The molecule has 39 heavy (non-hydrogen) atoms. The molecule has 0 aliphatic carbocycles. The van der Waals surface area contributed by atoms with E-state index in [0.29, 0.717) is 0 Å². The Kier molecular flexibility index (Phi) is 5.57. The van der Waals surface area contributed by atoms with E-state index in [-0.39, 0.29) is 21.1 Å². The zero-order chi connectivity index (χ0) is 25.4. The fourth-order valence-corrected chi connectivity index (χ4v) is 6.21. The average Bonchev–Trinajstić information content (AvgIpc) is 3.49. The summed E-state index contributed by atoms with van der Waals surface area (Å²) in [5, 5.41) is 6.97. The third kappa shape index (κ3) is 3.41. The number of rotatable bonds is 3. The first kappa shape index (κ1) is 24.1. The van der Waals surface area contributed by atoms with Crippen LogP contribution in [0.4, 0.5) is 0 Å². The van der Waals surface area contributed by atoms with E-state index in [1.54, 1.807) is 0 Å². The molecule has 0 unspecified atom stereocenters. The molecule has 0 fully saturated rings. The Morgan fingerprint density at radius 1 is 0.564 bits per heavy atom. The molecule has 0 aliphatic rings. The van der Waals surface area contributed by atoms with Gasteiger partial charge < -0.3 is 8.80 Å². The number of aryl methyl sites for hydroxylation is 4. The van der Waals surface area contributed by atoms with Gasteiger partial charge in [0, 0.05) is 22.4 Å². The minimum atomic E-state index is 0. The Morgan fingerprint density at radius 2 is 0.974 bits per heavy atom. The summed E-state index contributed by atoms with van der Waals surface area (Å²) in [7, 11) is 0. The number of benzene rings is 4. The van der Waals surface area contributed by atoms with Crippen molar-refractivity contribution in [1.82, 2.24) is 18.8 Å². The molecule has 4 aromatic carbocycles. The second kappa shape index (κ2) is 9.03. The van der Waals surface area contributed by atoms with E-state index >= 15 is 0 Å². The van der Waals surface area contributed by atoms with E-state index < -0.39 is 0 Å². The van der Waals surface area contributed by atoms with Crippen molar-refractivity contribution in [2.24, 2.45) is 0 Å². The van der Waals surface area contributed by atoms with E-state index in [1.807, 2.05) is 12.1 Å². The third-order valence-electron chi connectivity index (χ3n) is 8.04. The van der Waals surface area contributed by atoms with Crippen LogP contribution in [0.3, 0.4) is 0 Å². The summed E-state index contributed by atoms with van der Waals surface area (Å²) < 4.78 is 4.60. The SMILES string of the molecule is Cc1c(CCc2nc3c4[c-]cccc4c4ccccc4n3c2C)nc2c3[c-]cccc3c3ccccc3n12.[Pt+2]. The molecule has 5 heteroatoms. The fourth-order valence-electron chi connectivity index (χ4n) is 6.21. The molecule has 0 atom stereocenters. The monoisotopic (exact) mass is 683 g/mol. The number of pyridine rings is 2. The maximum atomic E-state index is 5.18. The molecule has 0 radical (unpaired) electrons. The van der Waals surface area contributed by atoms with Crippen LogP contribution < -0.4 is 0 Å². The summed E-state index contributed by atoms with van der Waals surface area (Å²) in [4.78, 5) is 10.4. The Bertz CT molecular complexity index is 2060. The van der Waals surface area contributed by atoms with E-state index in [0.717, 1.165) is 46.3 Å². The van der Waals surface area contributed by atoms with Crippen LogP contribution in [0.15, 0.2) is 84.9 Å². The number of hydrogen-bond donors (Lipinski definition) is 0. The molecule has 0 saturated heterocycles. The standard InChI is InChI=1S/C34H24N4.Pt/c1-21-29(35-33-27-15-5-3-11-23(27)25-13-7-9-17-31(25)37(21)33)19-20-30-22(2)38-32-18-10-8-14-26(32)24-12-4-6-16-28(24)34(38)36-30;/h3-14,17-18H,19-20H2,1-2H3;/q-2;+2. The van der Waals surface area contributed by atoms with Crippen LogP contribution in [0.2, 0.25) is 0 Å². The van der Waals surface area contributed by atoms with Crippen LogP contribution in [0.1, 0.15) is 22.8 Å². The molecule has 8 aromatic rings. The molecule has 0 saturated carbocycles. The van der Waals surface area contributed by atoms with Crippen LogP contribution in [-0.2, 0) is 33.9 Å². The Hall–Kier alpha value is -4.01. The summed E-state index contributed by atoms with van der Waals surface area (Å²) >= 11 is 0. The topological polar surface area (TPSA) is 34.6 Å². The van der Waals surface area contributed by atoms with E-state index in [2.05, 4.69) is 108 Å². The molecule has 0 aliphatic heterocycles. The molecule has 190 valence electrons. The van der Waals surface area contributed by atoms with Gasteiger partial charge in [-0.3, -0.25) is 9.97 Å². The Balaban J connectivity index is 0.00000253. The molecule has 4 aromatic heterocycles. The number of nitrogens with zero attached hydrogens (tertiary/aromatic N) is 4. The maximum absolute atomic E-state index is 5.18. The molecule has 0 N–H and O–H groups in total. The summed E-state index contributed by atoms with van der Waals surface area (Å²) in [6, 6.07) is 36.5. The summed E-state index contributed by atoms with van der Waals surface area (Å²) in [5.41, 5.74) is 8.90. The van der Waals surface area contributed by atoms with Gasteiger partial charge in [0.2, 0.25) is 0 Å². The summed E-state index contributed by atoms with van der Waals surface area (Å²) in [5.74, 6) is 0. The van der Waals surface area contributed by atoms with E-state index in [4.69, 9.17) is 9.97 Å². The number of para-hydroxylation sites is 2. The van der Waals surface area contributed by atoms with Gasteiger partial charge in [0.25, 0.3) is 0 Å². The zero-order valence-corrected chi connectivity index (χ0v) is 23.9. The van der Waals surface area contributed by atoms with Gasteiger partial charge in [-0.05, 0) is 49.6 Å². The number of hydrogen-bond acceptors (Lipinski definition) is 2. The van der Waals surface area contributed by atoms with Crippen LogP contribution in [0, 0.1) is 26.0 Å². The maximum Gasteiger partial charge on any atom is 2.00 e. The molecule has 0 amide bonds. The fraction of sp³-hybridized carbons (Fsp3) is 0.118. The van der Waals surface area contributed by atoms with Gasteiger partial charge in [-0.1, -0.05) is 47.2 Å². The first-order valence-electron chi connectivity index (χ1n) is 13.1. The smallest absolute Gasteiger partial charge is 0.337 e. The van der Waals surface area contributed by atoms with Crippen LogP contribution >= 0.6 is 0 Å². The molecular weight excluding hydrogens is 659 g/mol. The summed E-state index contributed by atoms with van der Waals surface area (Å²) in [6.07, 6.45) is 1.64. The van der Waals surface area contributed by atoms with Gasteiger partial charge in [-0.25, -0.2) is 0 Å². The number of imidazole rings is 2. The van der Waals surface area contributed by atoms with Crippen molar-refractivity contribution in [2.45, 2.75) is 26.7 Å². The molecule has 0 bridgehead atoms. The Labute approximate surface area is 240 Å². The van der Waals surface area contributed by atoms with Gasteiger partial charge >= 0.3 is 21.1 Å². The third-order valence-corrected chi connectivity index (χ3v) is 8.04. The second-order valence-electron chi connectivity index (χ2n) is 10.1. The molecule has 4 nitrogen and oxygen atoms in total. The van der Waals surface area contributed by atoms with Crippen LogP contribution in [0.25, 0.3) is 54.6 Å². The van der Waals surface area contributed by atoms with Gasteiger partial charge in [0.05, 0.1) is 22.7 Å². The van der Waals surface area contributed by atoms with Gasteiger partial charge in [-0.2, -0.15) is 0 Å². The quantitative estimate of drug-likeness (QED) is 0.142. The first-order chi connectivity index (χ1) is 18.7. The van der Waals surface area contributed by atoms with Crippen molar-refractivity contribution in [1.29, 1.82) is 0 Å². The zero-order valence-electron chi connectivity index (χ0n) is 21.6. The largest absolute Gasteiger partial charge is 2.00 e. The minimum absolute atomic E-state index is 0. The Morgan fingerprint density at radius 3 is 1.44 bits per heavy atom. The molecule has 8 rings (SSSR count). The van der Waals surface area contributed by atoms with Gasteiger partial charge in [0.1, 0.15) is 0 Å². The van der Waals surface area contributed by atoms with E-state index in [9.17, 15) is 0 Å². The minimum Gasteiger partial charge on any atom is -0.337 e. The molecule has 4 heterocycles.